The number of aromatic nitrogens is 1. The number of hydrogen-bond acceptors (Lipinski definition) is 6. The van der Waals surface area contributed by atoms with E-state index in [0.29, 0.717) is 25.7 Å². The molecular formula is C21H20F6N2O7. The molecule has 0 radical (unpaired) electrons. The number of alkyl halides is 5. The Morgan fingerprint density at radius 2 is 1.69 bits per heavy atom. The number of pyridine rings is 1. The highest BCUT2D eigenvalue weighted by Gasteiger charge is 2.38. The Morgan fingerprint density at radius 1 is 1.08 bits per heavy atom. The van der Waals surface area contributed by atoms with Crippen LogP contribution in [-0.4, -0.2) is 64.6 Å². The van der Waals surface area contributed by atoms with Gasteiger partial charge in [0.05, 0.1) is 17.2 Å². The fraction of sp³-hybridized carbons (Fsp3) is 0.429. The SMILES string of the molecule is O=C(O)C(F)(F)F.O=C(O)COC1CCC(NC(=O)c2cnc3cc(OC(F)F)c(F)cc3c2)CC1. The van der Waals surface area contributed by atoms with Gasteiger partial charge in [-0.25, -0.2) is 14.0 Å². The number of fused-ring (bicyclic) bond motifs is 1. The summed E-state index contributed by atoms with van der Waals surface area (Å²) in [5.41, 5.74) is 0.429. The van der Waals surface area contributed by atoms with Gasteiger partial charge in [0.1, 0.15) is 6.61 Å². The number of carbonyl (C=O) groups excluding carboxylic acids is 1. The second-order valence-electron chi connectivity index (χ2n) is 7.53. The van der Waals surface area contributed by atoms with Crippen molar-refractivity contribution in [3.63, 3.8) is 0 Å². The van der Waals surface area contributed by atoms with E-state index in [1.54, 1.807) is 0 Å². The van der Waals surface area contributed by atoms with Crippen molar-refractivity contribution in [3.05, 3.63) is 35.8 Å². The number of ether oxygens (including phenoxy) is 2. The highest BCUT2D eigenvalue weighted by Crippen LogP contribution is 2.26. The molecule has 0 saturated heterocycles. The minimum absolute atomic E-state index is 0.0959. The van der Waals surface area contributed by atoms with Crippen molar-refractivity contribution in [2.75, 3.05) is 6.61 Å². The summed E-state index contributed by atoms with van der Waals surface area (Å²) >= 11 is 0. The van der Waals surface area contributed by atoms with Crippen LogP contribution in [0.15, 0.2) is 24.4 Å². The predicted octanol–water partition coefficient (Wildman–Crippen LogP) is 3.75. The Labute approximate surface area is 199 Å². The summed E-state index contributed by atoms with van der Waals surface area (Å²) in [5, 5.41) is 18.9. The summed E-state index contributed by atoms with van der Waals surface area (Å²) in [6.45, 7) is -3.50. The Morgan fingerprint density at radius 3 is 2.22 bits per heavy atom. The molecule has 0 spiro atoms. The zero-order valence-corrected chi connectivity index (χ0v) is 18.2. The van der Waals surface area contributed by atoms with Crippen molar-refractivity contribution in [1.29, 1.82) is 0 Å². The zero-order valence-electron chi connectivity index (χ0n) is 18.2. The molecule has 3 rings (SSSR count). The van der Waals surface area contributed by atoms with Gasteiger partial charge >= 0.3 is 24.7 Å². The maximum absolute atomic E-state index is 13.9. The molecule has 2 aromatic rings. The first-order valence-corrected chi connectivity index (χ1v) is 10.2. The lowest BCUT2D eigenvalue weighted by Gasteiger charge is -2.28. The van der Waals surface area contributed by atoms with Crippen LogP contribution in [-0.2, 0) is 14.3 Å². The van der Waals surface area contributed by atoms with Crippen molar-refractivity contribution >= 4 is 28.7 Å². The molecule has 3 N–H and O–H groups in total. The first kappa shape index (κ1) is 28.6. The number of carboxylic acid groups (broad SMARTS) is 2. The van der Waals surface area contributed by atoms with Gasteiger partial charge in [-0.2, -0.15) is 22.0 Å². The Kier molecular flexibility index (Phi) is 9.84. The van der Waals surface area contributed by atoms with E-state index in [2.05, 4.69) is 15.0 Å². The third-order valence-electron chi connectivity index (χ3n) is 4.91. The highest BCUT2D eigenvalue weighted by atomic mass is 19.4. The van der Waals surface area contributed by atoms with Crippen LogP contribution in [0.1, 0.15) is 36.0 Å². The number of amides is 1. The monoisotopic (exact) mass is 526 g/mol. The van der Waals surface area contributed by atoms with E-state index >= 15 is 0 Å². The molecule has 9 nitrogen and oxygen atoms in total. The van der Waals surface area contributed by atoms with E-state index in [0.717, 1.165) is 12.1 Å². The van der Waals surface area contributed by atoms with Crippen LogP contribution in [0.25, 0.3) is 10.9 Å². The Bertz CT molecular complexity index is 1090. The number of hydrogen-bond donors (Lipinski definition) is 3. The lowest BCUT2D eigenvalue weighted by atomic mass is 9.92. The molecule has 0 unspecified atom stereocenters. The summed E-state index contributed by atoms with van der Waals surface area (Å²) < 4.78 is 79.6. The van der Waals surface area contributed by atoms with Crippen LogP contribution in [0, 0.1) is 5.82 Å². The van der Waals surface area contributed by atoms with Gasteiger partial charge in [-0.3, -0.25) is 9.78 Å². The molecule has 0 aliphatic heterocycles. The fourth-order valence-corrected chi connectivity index (χ4v) is 3.27. The number of nitrogens with one attached hydrogen (secondary N) is 1. The second-order valence-corrected chi connectivity index (χ2v) is 7.53. The van der Waals surface area contributed by atoms with Gasteiger partial charge in [0.25, 0.3) is 5.91 Å². The van der Waals surface area contributed by atoms with Crippen molar-refractivity contribution in [2.45, 2.75) is 50.6 Å². The summed E-state index contributed by atoms with van der Waals surface area (Å²) in [6.07, 6.45) is -1.41. The molecule has 198 valence electrons. The summed E-state index contributed by atoms with van der Waals surface area (Å²) in [6, 6.07) is 3.37. The molecule has 1 aromatic carbocycles. The van der Waals surface area contributed by atoms with Crippen LogP contribution in [0.4, 0.5) is 26.3 Å². The van der Waals surface area contributed by atoms with Gasteiger partial charge < -0.3 is 25.0 Å². The van der Waals surface area contributed by atoms with Gasteiger partial charge in [0.15, 0.2) is 11.6 Å². The number of rotatable bonds is 7. The van der Waals surface area contributed by atoms with E-state index in [4.69, 9.17) is 19.7 Å². The quantitative estimate of drug-likeness (QED) is 0.465. The van der Waals surface area contributed by atoms with Gasteiger partial charge in [0.2, 0.25) is 0 Å². The van der Waals surface area contributed by atoms with E-state index in [1.807, 2.05) is 0 Å². The molecule has 0 atom stereocenters. The smallest absolute Gasteiger partial charge is 0.480 e. The molecule has 0 bridgehead atoms. The predicted molar refractivity (Wildman–Crippen MR) is 109 cm³/mol. The van der Waals surface area contributed by atoms with E-state index in [-0.39, 0.29) is 41.1 Å². The molecule has 1 aliphatic carbocycles. The first-order valence-electron chi connectivity index (χ1n) is 10.2. The van der Waals surface area contributed by atoms with Crippen molar-refractivity contribution in [1.82, 2.24) is 10.3 Å². The second kappa shape index (κ2) is 12.4. The fourth-order valence-electron chi connectivity index (χ4n) is 3.27. The van der Waals surface area contributed by atoms with Crippen LogP contribution in [0.3, 0.4) is 0 Å². The van der Waals surface area contributed by atoms with Gasteiger partial charge in [-0.05, 0) is 37.8 Å². The summed E-state index contributed by atoms with van der Waals surface area (Å²) in [7, 11) is 0. The molecule has 1 saturated carbocycles. The van der Waals surface area contributed by atoms with E-state index < -0.39 is 36.3 Å². The van der Waals surface area contributed by atoms with Crippen LogP contribution in [0.5, 0.6) is 5.75 Å². The third-order valence-corrected chi connectivity index (χ3v) is 4.91. The number of carbonyl (C=O) groups is 3. The Hall–Kier alpha value is -3.62. The van der Waals surface area contributed by atoms with Gasteiger partial charge in [-0.15, -0.1) is 0 Å². The standard InChI is InChI=1S/C19H19F3N2O5.C2HF3O2/c20-14-6-10-5-11(8-23-15(10)7-16(14)29-19(21)22)18(27)24-12-1-3-13(4-2-12)28-9-17(25)26;3-2(4,5)1(6)7/h5-8,12-13,19H,1-4,9H2,(H,24,27)(H,25,26);(H,6,7). The van der Waals surface area contributed by atoms with Crippen LogP contribution in [0.2, 0.25) is 0 Å². The van der Waals surface area contributed by atoms with Gasteiger partial charge in [-0.1, -0.05) is 0 Å². The van der Waals surface area contributed by atoms with Crippen molar-refractivity contribution < 1.29 is 60.4 Å². The third kappa shape index (κ3) is 8.87. The minimum atomic E-state index is -5.08. The zero-order chi connectivity index (χ0) is 27.0. The maximum atomic E-state index is 13.9. The van der Waals surface area contributed by atoms with Crippen LogP contribution < -0.4 is 10.1 Å². The molecule has 36 heavy (non-hydrogen) atoms. The molecule has 1 aliphatic rings. The number of carboxylic acids is 2. The average molecular weight is 526 g/mol. The van der Waals surface area contributed by atoms with Gasteiger partial charge in [0, 0.05) is 23.7 Å². The lowest BCUT2D eigenvalue weighted by Crippen LogP contribution is -2.39. The first-order chi connectivity index (χ1) is 16.8. The van der Waals surface area contributed by atoms with E-state index in [9.17, 15) is 35.9 Å². The Balaban J connectivity index is 0.000000572. The van der Waals surface area contributed by atoms with Crippen molar-refractivity contribution in [2.24, 2.45) is 0 Å². The molecule has 1 heterocycles. The number of aliphatic carboxylic acids is 2. The highest BCUT2D eigenvalue weighted by molar-refractivity contribution is 5.97. The van der Waals surface area contributed by atoms with E-state index in [1.165, 1.54) is 12.3 Å². The van der Waals surface area contributed by atoms with Crippen molar-refractivity contribution in [3.8, 4) is 5.75 Å². The normalized spacial score (nSPS) is 17.8. The molecule has 1 aromatic heterocycles. The average Bonchev–Trinajstić information content (AvgIpc) is 2.78. The van der Waals surface area contributed by atoms with Crippen LogP contribution >= 0.6 is 0 Å². The molecule has 1 amide bonds. The summed E-state index contributed by atoms with van der Waals surface area (Å²) in [5.74, 6) is -5.75. The topological polar surface area (TPSA) is 135 Å². The maximum Gasteiger partial charge on any atom is 0.490 e. The number of nitrogens with zero attached hydrogens (tertiary/aromatic N) is 1. The number of halogens is 6. The molecule has 15 heteroatoms. The minimum Gasteiger partial charge on any atom is -0.480 e. The number of benzene rings is 1. The summed E-state index contributed by atoms with van der Waals surface area (Å²) in [4.78, 5) is 35.9. The molecular weight excluding hydrogens is 506 g/mol. The molecule has 1 fully saturated rings. The lowest BCUT2D eigenvalue weighted by molar-refractivity contribution is -0.192. The largest absolute Gasteiger partial charge is 0.490 e.